The number of carbonyl (C=O) groups excluding carboxylic acids is 1. The SMILES string of the molecule is CCOc1cc(C(=O)Nc2cc(C(F)(F)F)ccn2)ccc1-c1nc(C2C=C(O)C(C(=O)O)CC2O)n2ccnc(N)c12. The van der Waals surface area contributed by atoms with E-state index in [2.05, 4.69) is 15.3 Å². The van der Waals surface area contributed by atoms with Crippen molar-refractivity contribution in [3.05, 3.63) is 77.7 Å². The molecule has 0 spiro atoms. The second-order valence-electron chi connectivity index (χ2n) is 9.69. The lowest BCUT2D eigenvalue weighted by Crippen LogP contribution is -2.32. The summed E-state index contributed by atoms with van der Waals surface area (Å²) in [6, 6.07) is 5.82. The highest BCUT2D eigenvalue weighted by molar-refractivity contribution is 6.04. The number of rotatable bonds is 7. The van der Waals surface area contributed by atoms with Gasteiger partial charge in [-0.3, -0.25) is 14.0 Å². The summed E-state index contributed by atoms with van der Waals surface area (Å²) in [7, 11) is 0. The molecule has 1 aliphatic carbocycles. The predicted molar refractivity (Wildman–Crippen MR) is 146 cm³/mol. The van der Waals surface area contributed by atoms with Gasteiger partial charge in [0, 0.05) is 29.7 Å². The van der Waals surface area contributed by atoms with Crippen LogP contribution in [0.4, 0.5) is 24.8 Å². The number of imidazole rings is 1. The van der Waals surface area contributed by atoms with E-state index in [1.54, 1.807) is 17.5 Å². The Morgan fingerprint density at radius 1 is 1.19 bits per heavy atom. The van der Waals surface area contributed by atoms with Crippen molar-refractivity contribution in [1.82, 2.24) is 19.4 Å². The van der Waals surface area contributed by atoms with Crippen LogP contribution in [0, 0.1) is 5.92 Å². The van der Waals surface area contributed by atoms with Crippen molar-refractivity contribution in [3.63, 3.8) is 0 Å². The fourth-order valence-corrected chi connectivity index (χ4v) is 4.90. The Balaban J connectivity index is 1.56. The van der Waals surface area contributed by atoms with E-state index in [1.165, 1.54) is 30.5 Å². The Kier molecular flexibility index (Phi) is 7.67. The second kappa shape index (κ2) is 11.2. The van der Waals surface area contributed by atoms with Crippen molar-refractivity contribution in [2.24, 2.45) is 5.92 Å². The van der Waals surface area contributed by atoms with Crippen LogP contribution in [-0.2, 0) is 11.0 Å². The number of nitrogen functional groups attached to an aromatic ring is 1. The third kappa shape index (κ3) is 5.66. The van der Waals surface area contributed by atoms with Gasteiger partial charge < -0.3 is 31.1 Å². The number of alkyl halides is 3. The van der Waals surface area contributed by atoms with Crippen molar-refractivity contribution in [3.8, 4) is 17.0 Å². The van der Waals surface area contributed by atoms with Crippen LogP contribution in [0.15, 0.2) is 60.8 Å². The number of aromatic nitrogens is 4. The van der Waals surface area contributed by atoms with Crippen LogP contribution in [0.2, 0.25) is 0 Å². The number of hydrogen-bond donors (Lipinski definition) is 5. The Morgan fingerprint density at radius 2 is 1.95 bits per heavy atom. The first-order chi connectivity index (χ1) is 20.4. The van der Waals surface area contributed by atoms with E-state index in [9.17, 15) is 38.1 Å². The fraction of sp³-hybridized carbons (Fsp3) is 0.250. The van der Waals surface area contributed by atoms with E-state index < -0.39 is 47.3 Å². The Morgan fingerprint density at radius 3 is 2.65 bits per heavy atom. The minimum Gasteiger partial charge on any atom is -0.512 e. The molecule has 0 fully saturated rings. The number of halogens is 3. The number of fused-ring (bicyclic) bond motifs is 1. The van der Waals surface area contributed by atoms with E-state index in [1.807, 2.05) is 0 Å². The third-order valence-corrected chi connectivity index (χ3v) is 6.93. The molecule has 3 heterocycles. The number of ether oxygens (including phenoxy) is 1. The van der Waals surface area contributed by atoms with Gasteiger partial charge in [-0.1, -0.05) is 0 Å². The molecular formula is C28H25F3N6O6. The molecule has 1 aliphatic rings. The number of nitrogens with two attached hydrogens (primary N) is 1. The van der Waals surface area contributed by atoms with Crippen LogP contribution >= 0.6 is 0 Å². The lowest BCUT2D eigenvalue weighted by molar-refractivity contribution is -0.143. The van der Waals surface area contributed by atoms with Gasteiger partial charge in [0.05, 0.1) is 24.2 Å². The monoisotopic (exact) mass is 598 g/mol. The number of hydrogen-bond acceptors (Lipinski definition) is 9. The molecule has 1 amide bonds. The van der Waals surface area contributed by atoms with Gasteiger partial charge in [0.1, 0.15) is 46.1 Å². The molecule has 224 valence electrons. The largest absolute Gasteiger partial charge is 0.512 e. The number of aliphatic hydroxyl groups is 2. The molecule has 3 atom stereocenters. The number of carboxylic acids is 1. The van der Waals surface area contributed by atoms with Gasteiger partial charge in [-0.2, -0.15) is 13.2 Å². The summed E-state index contributed by atoms with van der Waals surface area (Å²) in [4.78, 5) is 37.1. The molecule has 3 unspecified atom stereocenters. The zero-order valence-electron chi connectivity index (χ0n) is 22.4. The highest BCUT2D eigenvalue weighted by Crippen LogP contribution is 2.40. The first-order valence-corrected chi connectivity index (χ1v) is 12.9. The summed E-state index contributed by atoms with van der Waals surface area (Å²) in [6.45, 7) is 1.88. The maximum Gasteiger partial charge on any atom is 0.416 e. The zero-order valence-corrected chi connectivity index (χ0v) is 22.4. The van der Waals surface area contributed by atoms with Crippen LogP contribution < -0.4 is 15.8 Å². The van der Waals surface area contributed by atoms with Gasteiger partial charge in [0.25, 0.3) is 5.91 Å². The number of aliphatic hydroxyl groups excluding tert-OH is 2. The second-order valence-corrected chi connectivity index (χ2v) is 9.69. The Hall–Kier alpha value is -5.18. The average molecular weight is 599 g/mol. The summed E-state index contributed by atoms with van der Waals surface area (Å²) in [5, 5.41) is 32.9. The Labute approximate surface area is 241 Å². The summed E-state index contributed by atoms with van der Waals surface area (Å²) >= 11 is 0. The smallest absolute Gasteiger partial charge is 0.416 e. The van der Waals surface area contributed by atoms with Gasteiger partial charge in [0.15, 0.2) is 0 Å². The number of benzene rings is 1. The van der Waals surface area contributed by atoms with Gasteiger partial charge >= 0.3 is 12.1 Å². The van der Waals surface area contributed by atoms with Crippen LogP contribution in [0.3, 0.4) is 0 Å². The molecule has 4 aromatic rings. The number of pyridine rings is 1. The number of carbonyl (C=O) groups is 2. The molecule has 0 bridgehead atoms. The fourth-order valence-electron chi connectivity index (χ4n) is 4.90. The normalized spacial score (nSPS) is 18.7. The third-order valence-electron chi connectivity index (χ3n) is 6.93. The Bertz CT molecular complexity index is 1750. The van der Waals surface area contributed by atoms with Crippen molar-refractivity contribution >= 4 is 29.0 Å². The number of nitrogens with zero attached hydrogens (tertiary/aromatic N) is 4. The van der Waals surface area contributed by atoms with Crippen molar-refractivity contribution in [2.75, 3.05) is 17.7 Å². The molecule has 6 N–H and O–H groups in total. The molecule has 15 heteroatoms. The van der Waals surface area contributed by atoms with E-state index in [-0.39, 0.29) is 47.5 Å². The molecule has 0 aliphatic heterocycles. The highest BCUT2D eigenvalue weighted by atomic mass is 19.4. The highest BCUT2D eigenvalue weighted by Gasteiger charge is 2.38. The minimum atomic E-state index is -4.62. The lowest BCUT2D eigenvalue weighted by atomic mass is 9.84. The quantitative estimate of drug-likeness (QED) is 0.208. The number of carboxylic acid groups (broad SMARTS) is 1. The van der Waals surface area contributed by atoms with Crippen LogP contribution in [0.25, 0.3) is 16.8 Å². The summed E-state index contributed by atoms with van der Waals surface area (Å²) in [5.74, 6) is -4.40. The van der Waals surface area contributed by atoms with Crippen LogP contribution in [-0.4, -0.2) is 59.3 Å². The van der Waals surface area contributed by atoms with Crippen molar-refractivity contribution in [1.29, 1.82) is 0 Å². The van der Waals surface area contributed by atoms with Crippen LogP contribution in [0.1, 0.15) is 41.0 Å². The zero-order chi connectivity index (χ0) is 31.1. The van der Waals surface area contributed by atoms with Crippen molar-refractivity contribution < 1.29 is 42.8 Å². The molecule has 43 heavy (non-hydrogen) atoms. The minimum absolute atomic E-state index is 0.0523. The topological polar surface area (TPSA) is 185 Å². The maximum atomic E-state index is 13.1. The molecule has 1 aromatic carbocycles. The molecule has 3 aromatic heterocycles. The van der Waals surface area contributed by atoms with Crippen molar-refractivity contribution in [2.45, 2.75) is 31.5 Å². The van der Waals surface area contributed by atoms with Gasteiger partial charge in [0.2, 0.25) is 0 Å². The first kappa shape index (κ1) is 29.3. The van der Waals surface area contributed by atoms with Gasteiger partial charge in [-0.25, -0.2) is 15.0 Å². The predicted octanol–water partition coefficient (Wildman–Crippen LogP) is 4.03. The number of anilines is 2. The summed E-state index contributed by atoms with van der Waals surface area (Å²) in [6.07, 6.45) is -0.936. The van der Waals surface area contributed by atoms with Crippen LogP contribution in [0.5, 0.6) is 5.75 Å². The molecule has 12 nitrogen and oxygen atoms in total. The molecule has 0 saturated carbocycles. The maximum absolute atomic E-state index is 13.1. The molecule has 0 radical (unpaired) electrons. The van der Waals surface area contributed by atoms with Gasteiger partial charge in [-0.05, 0) is 49.8 Å². The van der Waals surface area contributed by atoms with E-state index in [0.717, 1.165) is 18.3 Å². The summed E-state index contributed by atoms with van der Waals surface area (Å²) < 4.78 is 46.6. The first-order valence-electron chi connectivity index (χ1n) is 12.9. The number of amides is 1. The standard InChI is InChI=1S/C28H25F3N6O6/c1-2-43-20-9-13(26(40)35-21-10-14(5-6-33-21)28(29,30)31)3-4-15(20)22-23-24(32)34-7-8-37(23)25(36-22)16-11-19(39)17(27(41)42)12-18(16)38/h3-11,16-18,38-39H,2,12H2,1H3,(H2,32,34)(H,41,42)(H,33,35,40). The number of nitrogens with one attached hydrogen (secondary N) is 1. The molecule has 5 rings (SSSR count). The van der Waals surface area contributed by atoms with E-state index >= 15 is 0 Å². The molecule has 0 saturated heterocycles. The lowest BCUT2D eigenvalue weighted by Gasteiger charge is -2.27. The average Bonchev–Trinajstić information content (AvgIpc) is 3.34. The number of aliphatic carboxylic acids is 1. The van der Waals surface area contributed by atoms with E-state index in [4.69, 9.17) is 15.5 Å². The van der Waals surface area contributed by atoms with Gasteiger partial charge in [-0.15, -0.1) is 0 Å². The van der Waals surface area contributed by atoms with E-state index in [0.29, 0.717) is 11.1 Å². The molecular weight excluding hydrogens is 573 g/mol. The summed E-state index contributed by atoms with van der Waals surface area (Å²) in [5.41, 5.74) is 6.26.